The van der Waals surface area contributed by atoms with Crippen LogP contribution in [-0.4, -0.2) is 80.9 Å². The molecule has 2 fully saturated rings. The molecule has 0 bridgehead atoms. The van der Waals surface area contributed by atoms with Crippen LogP contribution in [0, 0.1) is 17.7 Å². The minimum atomic E-state index is -1.10. The Bertz CT molecular complexity index is 1480. The Balaban J connectivity index is 1.44. The van der Waals surface area contributed by atoms with Gasteiger partial charge in [0.15, 0.2) is 28.2 Å². The lowest BCUT2D eigenvalue weighted by Gasteiger charge is -2.39. The lowest BCUT2D eigenvalue weighted by molar-refractivity contribution is 0.0937. The van der Waals surface area contributed by atoms with Gasteiger partial charge in [-0.25, -0.2) is 19.0 Å². The second-order valence-electron chi connectivity index (χ2n) is 10.9. The minimum Gasteiger partial charge on any atom is -0.380 e. The van der Waals surface area contributed by atoms with Gasteiger partial charge in [-0.2, -0.15) is 4.39 Å². The molecule has 2 aromatic heterocycles. The van der Waals surface area contributed by atoms with E-state index in [1.54, 1.807) is 0 Å². The summed E-state index contributed by atoms with van der Waals surface area (Å²) in [5.41, 5.74) is 5.73. The van der Waals surface area contributed by atoms with Crippen molar-refractivity contribution in [3.05, 3.63) is 46.6 Å². The number of hydrogen-bond acceptors (Lipinski definition) is 9. The lowest BCUT2D eigenvalue weighted by Crippen LogP contribution is -2.50. The average molecular weight is 603 g/mol. The van der Waals surface area contributed by atoms with Gasteiger partial charge in [-0.05, 0) is 38.8 Å². The van der Waals surface area contributed by atoms with Gasteiger partial charge in [0.05, 0.1) is 17.6 Å². The van der Waals surface area contributed by atoms with Crippen molar-refractivity contribution >= 4 is 40.6 Å². The van der Waals surface area contributed by atoms with Crippen LogP contribution in [0.1, 0.15) is 60.0 Å². The Hall–Kier alpha value is -3.91. The van der Waals surface area contributed by atoms with E-state index in [1.807, 2.05) is 18.9 Å². The number of carbonyl (C=O) groups excluding carboxylic acids is 2. The number of nitrogen functional groups attached to an aromatic ring is 1. The van der Waals surface area contributed by atoms with E-state index in [0.717, 1.165) is 30.4 Å². The molecular weight excluding hydrogens is 570 g/mol. The predicted octanol–water partition coefficient (Wildman–Crippen LogP) is 3.27. The molecular formula is C27H33ClF2N10O2. The molecule has 2 aliphatic rings. The zero-order chi connectivity index (χ0) is 30.0. The fourth-order valence-electron chi connectivity index (χ4n) is 5.30. The van der Waals surface area contributed by atoms with Crippen LogP contribution in [0.2, 0.25) is 5.15 Å². The number of benzene rings is 1. The Morgan fingerprint density at radius 1 is 1.10 bits per heavy atom. The fraction of sp³-hybridized carbons (Fsp3) is 0.481. The number of halogens is 3. The SMILES string of the molecule is C[C@@H]1CN(c2cc(F)c(-n3cc(C(=O)NCC4CCCCC4)nn3)cc2NC(=O)c2nc(N)c(F)nc2Cl)CCN1C. The van der Waals surface area contributed by atoms with Crippen LogP contribution < -0.4 is 21.3 Å². The molecule has 1 saturated carbocycles. The number of carbonyl (C=O) groups is 2. The zero-order valence-electron chi connectivity index (χ0n) is 23.4. The molecule has 224 valence electrons. The third-order valence-electron chi connectivity index (χ3n) is 7.91. The maximum Gasteiger partial charge on any atom is 0.277 e. The minimum absolute atomic E-state index is 0.0385. The number of amides is 2. The van der Waals surface area contributed by atoms with E-state index < -0.39 is 40.2 Å². The quantitative estimate of drug-likeness (QED) is 0.371. The number of aromatic nitrogens is 5. The molecule has 1 aliphatic heterocycles. The summed E-state index contributed by atoms with van der Waals surface area (Å²) in [6.07, 6.45) is 7.02. The summed E-state index contributed by atoms with van der Waals surface area (Å²) in [5.74, 6) is -3.11. The molecule has 1 aromatic carbocycles. The van der Waals surface area contributed by atoms with Crippen LogP contribution in [0.5, 0.6) is 0 Å². The summed E-state index contributed by atoms with van der Waals surface area (Å²) >= 11 is 5.98. The number of hydrogen-bond donors (Lipinski definition) is 3. The Labute approximate surface area is 246 Å². The molecule has 15 heteroatoms. The summed E-state index contributed by atoms with van der Waals surface area (Å²) in [4.78, 5) is 37.2. The van der Waals surface area contributed by atoms with Gasteiger partial charge in [0.2, 0.25) is 0 Å². The van der Waals surface area contributed by atoms with E-state index in [9.17, 15) is 14.0 Å². The maximum absolute atomic E-state index is 15.6. The Morgan fingerprint density at radius 2 is 1.86 bits per heavy atom. The molecule has 4 N–H and O–H groups in total. The molecule has 0 unspecified atom stereocenters. The van der Waals surface area contributed by atoms with Gasteiger partial charge in [-0.1, -0.05) is 36.1 Å². The molecule has 1 atom stereocenters. The van der Waals surface area contributed by atoms with Crippen molar-refractivity contribution in [1.29, 1.82) is 0 Å². The van der Waals surface area contributed by atoms with E-state index in [-0.39, 0.29) is 23.1 Å². The van der Waals surface area contributed by atoms with Crippen molar-refractivity contribution in [1.82, 2.24) is 35.2 Å². The van der Waals surface area contributed by atoms with Crippen LogP contribution >= 0.6 is 11.6 Å². The van der Waals surface area contributed by atoms with Gasteiger partial charge in [0.25, 0.3) is 17.8 Å². The predicted molar refractivity (Wildman–Crippen MR) is 154 cm³/mol. The van der Waals surface area contributed by atoms with Gasteiger partial charge in [-0.3, -0.25) is 9.59 Å². The molecule has 3 heterocycles. The van der Waals surface area contributed by atoms with Gasteiger partial charge < -0.3 is 26.2 Å². The monoisotopic (exact) mass is 602 g/mol. The van der Waals surface area contributed by atoms with Crippen molar-refractivity contribution in [3.63, 3.8) is 0 Å². The first-order valence-corrected chi connectivity index (χ1v) is 14.3. The number of likely N-dealkylation sites (N-methyl/N-ethyl adjacent to an activating group) is 1. The number of nitrogens with one attached hydrogen (secondary N) is 2. The van der Waals surface area contributed by atoms with Gasteiger partial charge in [0.1, 0.15) is 5.69 Å². The van der Waals surface area contributed by atoms with Crippen molar-refractivity contribution in [2.45, 2.75) is 45.1 Å². The first kappa shape index (κ1) is 29.6. The highest BCUT2D eigenvalue weighted by Gasteiger charge is 2.27. The van der Waals surface area contributed by atoms with E-state index in [0.29, 0.717) is 37.8 Å². The third-order valence-corrected chi connectivity index (χ3v) is 8.18. The van der Waals surface area contributed by atoms with Crippen molar-refractivity contribution in [2.24, 2.45) is 5.92 Å². The molecule has 0 radical (unpaired) electrons. The molecule has 2 amide bonds. The summed E-state index contributed by atoms with van der Waals surface area (Å²) in [7, 11) is 2.00. The number of piperazine rings is 1. The van der Waals surface area contributed by atoms with Crippen LogP contribution in [0.3, 0.4) is 0 Å². The number of anilines is 3. The molecule has 42 heavy (non-hydrogen) atoms. The Kier molecular flexibility index (Phi) is 8.82. The topological polar surface area (TPSA) is 147 Å². The van der Waals surface area contributed by atoms with Crippen LogP contribution in [0.15, 0.2) is 18.3 Å². The normalized spacial score (nSPS) is 18.2. The summed E-state index contributed by atoms with van der Waals surface area (Å²) in [5, 5.41) is 13.0. The van der Waals surface area contributed by atoms with E-state index in [2.05, 4.69) is 35.8 Å². The van der Waals surface area contributed by atoms with E-state index in [4.69, 9.17) is 17.3 Å². The summed E-state index contributed by atoms with van der Waals surface area (Å²) in [6, 6.07) is 2.84. The van der Waals surface area contributed by atoms with Crippen LogP contribution in [0.25, 0.3) is 5.69 Å². The van der Waals surface area contributed by atoms with E-state index in [1.165, 1.54) is 24.8 Å². The lowest BCUT2D eigenvalue weighted by atomic mass is 9.89. The van der Waals surface area contributed by atoms with Crippen LogP contribution in [-0.2, 0) is 0 Å². The summed E-state index contributed by atoms with van der Waals surface area (Å²) < 4.78 is 30.5. The second kappa shape index (κ2) is 12.5. The van der Waals surface area contributed by atoms with E-state index >= 15 is 4.39 Å². The molecule has 0 spiro atoms. The Morgan fingerprint density at radius 3 is 2.60 bits per heavy atom. The fourth-order valence-corrected chi connectivity index (χ4v) is 5.50. The first-order chi connectivity index (χ1) is 20.1. The maximum atomic E-state index is 15.6. The molecule has 3 aromatic rings. The van der Waals surface area contributed by atoms with Crippen molar-refractivity contribution in [3.8, 4) is 5.69 Å². The average Bonchev–Trinajstić information content (AvgIpc) is 3.46. The largest absolute Gasteiger partial charge is 0.380 e. The number of nitrogens with two attached hydrogens (primary N) is 1. The standard InChI is InChI=1S/C27H33ClF2N10O2/c1-15-13-39(9-8-38(15)2)21-10-17(29)20(11-18(21)33-27(42)22-23(28)35-24(30)25(31)34-22)40-14-19(36-37-40)26(41)32-12-16-6-4-3-5-7-16/h10-11,14-16H,3-9,12-13H2,1-2H3,(H2,31,34)(H,32,41)(H,33,42)/t15-/m1/s1. The molecule has 5 rings (SSSR count). The molecule has 1 saturated heterocycles. The van der Waals surface area contributed by atoms with Crippen molar-refractivity contribution in [2.75, 3.05) is 49.2 Å². The van der Waals surface area contributed by atoms with Crippen molar-refractivity contribution < 1.29 is 18.4 Å². The van der Waals surface area contributed by atoms with Gasteiger partial charge in [-0.15, -0.1) is 5.10 Å². The molecule has 1 aliphatic carbocycles. The highest BCUT2D eigenvalue weighted by molar-refractivity contribution is 6.33. The van der Waals surface area contributed by atoms with Gasteiger partial charge in [0, 0.05) is 38.3 Å². The number of rotatable bonds is 7. The number of nitrogens with zero attached hydrogens (tertiary/aromatic N) is 7. The highest BCUT2D eigenvalue weighted by Crippen LogP contribution is 2.33. The molecule has 12 nitrogen and oxygen atoms in total. The third kappa shape index (κ3) is 6.44. The van der Waals surface area contributed by atoms with Gasteiger partial charge >= 0.3 is 0 Å². The second-order valence-corrected chi connectivity index (χ2v) is 11.2. The summed E-state index contributed by atoms with van der Waals surface area (Å²) in [6.45, 7) is 4.44. The smallest absolute Gasteiger partial charge is 0.277 e. The highest BCUT2D eigenvalue weighted by atomic mass is 35.5. The zero-order valence-corrected chi connectivity index (χ0v) is 24.2. The van der Waals surface area contributed by atoms with Crippen LogP contribution in [0.4, 0.5) is 26.0 Å². The first-order valence-electron chi connectivity index (χ1n) is 13.9.